The third kappa shape index (κ3) is 10.5. The first-order chi connectivity index (χ1) is 12.4. The van der Waals surface area contributed by atoms with E-state index in [2.05, 4.69) is 0 Å². The molecule has 154 valence electrons. The number of unbranched alkanes of at least 4 members (excludes halogenated alkanes) is 8. The second-order valence-electron chi connectivity index (χ2n) is 7.64. The highest BCUT2D eigenvalue weighted by Gasteiger charge is 2.35. The molecule has 0 aliphatic carbocycles. The van der Waals surface area contributed by atoms with Gasteiger partial charge in [-0.25, -0.2) is 0 Å². The zero-order chi connectivity index (χ0) is 19.4. The van der Waals surface area contributed by atoms with Crippen LogP contribution in [0.3, 0.4) is 0 Å². The Morgan fingerprint density at radius 2 is 1.54 bits per heavy atom. The van der Waals surface area contributed by atoms with Gasteiger partial charge in [0.05, 0.1) is 18.3 Å². The van der Waals surface area contributed by atoms with E-state index in [-0.39, 0.29) is 12.2 Å². The Labute approximate surface area is 157 Å². The number of aliphatic hydroxyl groups excluding tert-OH is 2. The van der Waals surface area contributed by atoms with Crippen LogP contribution in [-0.2, 0) is 14.3 Å². The molecule has 1 aliphatic rings. The predicted octanol–water partition coefficient (Wildman–Crippen LogP) is 3.62. The summed E-state index contributed by atoms with van der Waals surface area (Å²) in [6.07, 6.45) is 9.33. The van der Waals surface area contributed by atoms with Gasteiger partial charge in [0.15, 0.2) is 6.29 Å². The number of rotatable bonds is 14. The lowest BCUT2D eigenvalue weighted by Crippen LogP contribution is -2.48. The molecule has 0 spiro atoms. The van der Waals surface area contributed by atoms with Crippen molar-refractivity contribution in [2.75, 3.05) is 0 Å². The number of hydrogen-bond acceptors (Lipinski definition) is 5. The number of ether oxygens (including phenoxy) is 2. The van der Waals surface area contributed by atoms with Crippen LogP contribution in [0.1, 0.15) is 90.9 Å². The minimum atomic E-state index is -0.765. The van der Waals surface area contributed by atoms with E-state index >= 15 is 0 Å². The zero-order valence-corrected chi connectivity index (χ0v) is 16.4. The van der Waals surface area contributed by atoms with Crippen LogP contribution in [0.2, 0.25) is 0 Å². The lowest BCUT2D eigenvalue weighted by molar-refractivity contribution is -0.273. The Hall–Kier alpha value is -0.690. The molecule has 6 nitrogen and oxygen atoms in total. The summed E-state index contributed by atoms with van der Waals surface area (Å²) in [5, 5.41) is 28.2. The smallest absolute Gasteiger partial charge is 0.303 e. The molecule has 0 radical (unpaired) electrons. The lowest BCUT2D eigenvalue weighted by Gasteiger charge is -2.36. The molecule has 0 aromatic heterocycles. The maximum absolute atomic E-state index is 10.4. The van der Waals surface area contributed by atoms with Crippen molar-refractivity contribution in [3.05, 3.63) is 0 Å². The minimum absolute atomic E-state index is 0.0336. The van der Waals surface area contributed by atoms with Gasteiger partial charge < -0.3 is 24.8 Å². The van der Waals surface area contributed by atoms with Crippen LogP contribution in [0.15, 0.2) is 0 Å². The van der Waals surface area contributed by atoms with Crippen molar-refractivity contribution in [3.63, 3.8) is 0 Å². The molecule has 0 aromatic rings. The first-order valence-corrected chi connectivity index (χ1v) is 10.3. The van der Waals surface area contributed by atoms with Crippen LogP contribution >= 0.6 is 0 Å². The van der Waals surface area contributed by atoms with Gasteiger partial charge in [-0.15, -0.1) is 0 Å². The van der Waals surface area contributed by atoms with E-state index < -0.39 is 24.5 Å². The highest BCUT2D eigenvalue weighted by Crippen LogP contribution is 2.23. The number of carboxylic acid groups (broad SMARTS) is 1. The van der Waals surface area contributed by atoms with Crippen LogP contribution in [0.5, 0.6) is 0 Å². The second kappa shape index (κ2) is 13.5. The van der Waals surface area contributed by atoms with Crippen molar-refractivity contribution >= 4 is 5.97 Å². The Bertz CT molecular complexity index is 375. The summed E-state index contributed by atoms with van der Waals surface area (Å²) in [4.78, 5) is 10.4. The van der Waals surface area contributed by atoms with Crippen LogP contribution in [0.25, 0.3) is 0 Å². The van der Waals surface area contributed by atoms with Crippen LogP contribution in [0, 0.1) is 0 Å². The molecule has 1 unspecified atom stereocenters. The van der Waals surface area contributed by atoms with Crippen molar-refractivity contribution in [1.82, 2.24) is 0 Å². The summed E-state index contributed by atoms with van der Waals surface area (Å²) in [6, 6.07) is 0. The molecular weight excluding hydrogens is 336 g/mol. The first-order valence-electron chi connectivity index (χ1n) is 10.3. The second-order valence-corrected chi connectivity index (χ2v) is 7.64. The van der Waals surface area contributed by atoms with E-state index in [1.165, 1.54) is 32.1 Å². The van der Waals surface area contributed by atoms with E-state index in [4.69, 9.17) is 14.6 Å². The van der Waals surface area contributed by atoms with Crippen LogP contribution in [0.4, 0.5) is 0 Å². The topological polar surface area (TPSA) is 96.2 Å². The van der Waals surface area contributed by atoms with Crippen LogP contribution < -0.4 is 0 Å². The van der Waals surface area contributed by atoms with E-state index in [0.29, 0.717) is 12.8 Å². The fourth-order valence-electron chi connectivity index (χ4n) is 3.31. The Balaban J connectivity index is 1.93. The number of aliphatic hydroxyl groups is 2. The predicted molar refractivity (Wildman–Crippen MR) is 99.9 cm³/mol. The number of hydrogen-bond donors (Lipinski definition) is 3. The van der Waals surface area contributed by atoms with E-state index in [1.807, 2.05) is 6.92 Å². The standard InChI is InChI=1S/C20H38O6/c1-15(25-20-18(22)14-17(21)16(2)26-20)12-10-8-6-4-3-5-7-9-11-13-19(23)24/h15-18,20-22H,3-14H2,1-2H3,(H,23,24)/t15-,16?,17-,18-,20-/m1/s1. The largest absolute Gasteiger partial charge is 0.481 e. The summed E-state index contributed by atoms with van der Waals surface area (Å²) in [5.41, 5.74) is 0. The molecule has 6 heteroatoms. The van der Waals surface area contributed by atoms with Gasteiger partial charge in [0.2, 0.25) is 0 Å². The molecule has 0 bridgehead atoms. The monoisotopic (exact) mass is 374 g/mol. The van der Waals surface area contributed by atoms with Gasteiger partial charge in [-0.3, -0.25) is 4.79 Å². The normalized spacial score (nSPS) is 27.4. The quantitative estimate of drug-likeness (QED) is 0.402. The van der Waals surface area contributed by atoms with Gasteiger partial charge in [0.1, 0.15) is 6.10 Å². The highest BCUT2D eigenvalue weighted by atomic mass is 16.7. The third-order valence-electron chi connectivity index (χ3n) is 5.06. The molecule has 1 aliphatic heterocycles. The van der Waals surface area contributed by atoms with Crippen molar-refractivity contribution < 1.29 is 29.6 Å². The molecule has 1 heterocycles. The Morgan fingerprint density at radius 3 is 2.12 bits per heavy atom. The Kier molecular flexibility index (Phi) is 12.1. The zero-order valence-electron chi connectivity index (χ0n) is 16.4. The van der Waals surface area contributed by atoms with Crippen molar-refractivity contribution in [2.45, 2.75) is 122 Å². The average Bonchev–Trinajstić information content (AvgIpc) is 2.57. The van der Waals surface area contributed by atoms with Gasteiger partial charge in [-0.05, 0) is 26.7 Å². The van der Waals surface area contributed by atoms with Gasteiger partial charge in [0.25, 0.3) is 0 Å². The van der Waals surface area contributed by atoms with Gasteiger partial charge in [0, 0.05) is 12.8 Å². The summed E-state index contributed by atoms with van der Waals surface area (Å²) >= 11 is 0. The molecule has 5 atom stereocenters. The van der Waals surface area contributed by atoms with E-state index in [9.17, 15) is 15.0 Å². The van der Waals surface area contributed by atoms with Crippen LogP contribution in [-0.4, -0.2) is 52.0 Å². The molecule has 0 aromatic carbocycles. The SMILES string of the molecule is CC1O[C@@H](O[C@H](C)CCCCCCCCCCCC(=O)O)[C@H](O)C[C@H]1O. The molecule has 26 heavy (non-hydrogen) atoms. The van der Waals surface area contributed by atoms with Gasteiger partial charge in [-0.2, -0.15) is 0 Å². The van der Waals surface area contributed by atoms with Crippen molar-refractivity contribution in [2.24, 2.45) is 0 Å². The number of carbonyl (C=O) groups is 1. The van der Waals surface area contributed by atoms with Crippen molar-refractivity contribution in [1.29, 1.82) is 0 Å². The minimum Gasteiger partial charge on any atom is -0.481 e. The average molecular weight is 375 g/mol. The lowest BCUT2D eigenvalue weighted by atomic mass is 10.0. The number of aliphatic carboxylic acids is 1. The molecule has 0 saturated carbocycles. The summed E-state index contributed by atoms with van der Waals surface area (Å²) in [7, 11) is 0. The number of carboxylic acids is 1. The van der Waals surface area contributed by atoms with E-state index in [0.717, 1.165) is 32.1 Å². The molecular formula is C20H38O6. The summed E-state index contributed by atoms with van der Waals surface area (Å²) in [5.74, 6) is -0.695. The molecule has 1 rings (SSSR count). The molecule has 1 saturated heterocycles. The van der Waals surface area contributed by atoms with E-state index in [1.54, 1.807) is 6.92 Å². The Morgan fingerprint density at radius 1 is 1.00 bits per heavy atom. The third-order valence-corrected chi connectivity index (χ3v) is 5.06. The van der Waals surface area contributed by atoms with Crippen molar-refractivity contribution in [3.8, 4) is 0 Å². The summed E-state index contributed by atoms with van der Waals surface area (Å²) < 4.78 is 11.3. The molecule has 0 amide bonds. The molecule has 1 fully saturated rings. The first kappa shape index (κ1) is 23.3. The maximum Gasteiger partial charge on any atom is 0.303 e. The fourth-order valence-corrected chi connectivity index (χ4v) is 3.31. The fraction of sp³-hybridized carbons (Fsp3) is 0.950. The molecule has 3 N–H and O–H groups in total. The maximum atomic E-state index is 10.4. The van der Waals surface area contributed by atoms with Gasteiger partial charge >= 0.3 is 5.97 Å². The van der Waals surface area contributed by atoms with Gasteiger partial charge in [-0.1, -0.05) is 51.4 Å². The summed E-state index contributed by atoms with van der Waals surface area (Å²) in [6.45, 7) is 3.80. The highest BCUT2D eigenvalue weighted by molar-refractivity contribution is 5.66.